The molecule has 1 aromatic heterocycles. The van der Waals surface area contributed by atoms with Gasteiger partial charge in [-0.15, -0.1) is 10.2 Å². The summed E-state index contributed by atoms with van der Waals surface area (Å²) in [6.07, 6.45) is -0.175. The summed E-state index contributed by atoms with van der Waals surface area (Å²) in [4.78, 5) is 0. The summed E-state index contributed by atoms with van der Waals surface area (Å²) < 4.78 is 9.01. The maximum absolute atomic E-state index is 5.98. The number of hydrogen-bond acceptors (Lipinski definition) is 4. The predicted molar refractivity (Wildman–Crippen MR) is 105 cm³/mol. The molecule has 0 bridgehead atoms. The summed E-state index contributed by atoms with van der Waals surface area (Å²) in [5.41, 5.74) is 2.61. The van der Waals surface area contributed by atoms with Crippen LogP contribution in [0, 0.1) is 6.92 Å². The smallest absolute Gasteiger partial charge is 0.191 e. The first kappa shape index (κ1) is 18.0. The Bertz CT molecular complexity index is 848. The minimum atomic E-state index is -0.175. The first-order chi connectivity index (χ1) is 12.0. The van der Waals surface area contributed by atoms with Crippen molar-refractivity contribution in [2.45, 2.75) is 30.9 Å². The number of benzene rings is 2. The van der Waals surface area contributed by atoms with Gasteiger partial charge in [-0.05, 0) is 49.2 Å². The second-order valence-electron chi connectivity index (χ2n) is 5.83. The SMILES string of the molecule is Cc1ccccc1CSc1nnc(C(C)Oc2ccc(Br)cc2)n1C. The molecular formula is C19H20BrN3OS. The molecular weight excluding hydrogens is 398 g/mol. The highest BCUT2D eigenvalue weighted by atomic mass is 79.9. The molecule has 0 radical (unpaired) electrons. The molecule has 6 heteroatoms. The molecule has 0 aliphatic carbocycles. The maximum atomic E-state index is 5.98. The number of nitrogens with zero attached hydrogens (tertiary/aromatic N) is 3. The molecule has 1 heterocycles. The number of ether oxygens (including phenoxy) is 1. The molecule has 0 aliphatic rings. The van der Waals surface area contributed by atoms with Gasteiger partial charge in [0.15, 0.2) is 17.1 Å². The third-order valence-corrected chi connectivity index (χ3v) is 5.57. The summed E-state index contributed by atoms with van der Waals surface area (Å²) in [5.74, 6) is 2.50. The molecule has 0 saturated heterocycles. The van der Waals surface area contributed by atoms with E-state index in [0.29, 0.717) is 0 Å². The average molecular weight is 418 g/mol. The number of hydrogen-bond donors (Lipinski definition) is 0. The first-order valence-electron chi connectivity index (χ1n) is 8.03. The lowest BCUT2D eigenvalue weighted by Gasteiger charge is -2.14. The normalized spacial score (nSPS) is 12.2. The molecule has 3 aromatic rings. The van der Waals surface area contributed by atoms with Crippen LogP contribution in [0.15, 0.2) is 58.2 Å². The highest BCUT2D eigenvalue weighted by Gasteiger charge is 2.17. The van der Waals surface area contributed by atoms with Crippen LogP contribution in [0.25, 0.3) is 0 Å². The quantitative estimate of drug-likeness (QED) is 0.508. The van der Waals surface area contributed by atoms with Crippen molar-refractivity contribution in [3.63, 3.8) is 0 Å². The van der Waals surface area contributed by atoms with Gasteiger partial charge < -0.3 is 9.30 Å². The van der Waals surface area contributed by atoms with Crippen molar-refractivity contribution in [3.05, 3.63) is 70.0 Å². The van der Waals surface area contributed by atoms with Gasteiger partial charge in [-0.3, -0.25) is 0 Å². The van der Waals surface area contributed by atoms with Gasteiger partial charge in [-0.25, -0.2) is 0 Å². The van der Waals surface area contributed by atoms with Crippen LogP contribution in [0.1, 0.15) is 30.0 Å². The Hall–Kier alpha value is -1.79. The summed E-state index contributed by atoms with van der Waals surface area (Å²) in [5, 5.41) is 9.54. The van der Waals surface area contributed by atoms with E-state index in [-0.39, 0.29) is 6.10 Å². The zero-order chi connectivity index (χ0) is 17.8. The van der Waals surface area contributed by atoms with E-state index in [1.165, 1.54) is 11.1 Å². The number of thioether (sulfide) groups is 1. The Morgan fingerprint density at radius 2 is 1.84 bits per heavy atom. The van der Waals surface area contributed by atoms with Crippen LogP contribution >= 0.6 is 27.7 Å². The summed E-state index contributed by atoms with van der Waals surface area (Å²) in [6.45, 7) is 4.12. The molecule has 0 fully saturated rings. The fourth-order valence-corrected chi connectivity index (χ4v) is 3.75. The van der Waals surface area contributed by atoms with Crippen molar-refractivity contribution in [2.24, 2.45) is 7.05 Å². The monoisotopic (exact) mass is 417 g/mol. The van der Waals surface area contributed by atoms with Gasteiger partial charge in [-0.1, -0.05) is 52.0 Å². The topological polar surface area (TPSA) is 39.9 Å². The van der Waals surface area contributed by atoms with E-state index in [4.69, 9.17) is 4.74 Å². The molecule has 0 saturated carbocycles. The zero-order valence-electron chi connectivity index (χ0n) is 14.4. The molecule has 25 heavy (non-hydrogen) atoms. The van der Waals surface area contributed by atoms with Crippen molar-refractivity contribution in [3.8, 4) is 5.75 Å². The van der Waals surface area contributed by atoms with Crippen molar-refractivity contribution in [2.75, 3.05) is 0 Å². The van der Waals surface area contributed by atoms with Gasteiger partial charge in [0.25, 0.3) is 0 Å². The van der Waals surface area contributed by atoms with Gasteiger partial charge in [0.2, 0.25) is 0 Å². The Labute approximate surface area is 160 Å². The van der Waals surface area contributed by atoms with E-state index >= 15 is 0 Å². The van der Waals surface area contributed by atoms with Crippen molar-refractivity contribution in [1.82, 2.24) is 14.8 Å². The highest BCUT2D eigenvalue weighted by molar-refractivity contribution is 9.10. The van der Waals surface area contributed by atoms with Crippen LogP contribution in [0.2, 0.25) is 0 Å². The third-order valence-electron chi connectivity index (χ3n) is 3.98. The molecule has 0 aliphatic heterocycles. The third kappa shape index (κ3) is 4.44. The maximum Gasteiger partial charge on any atom is 0.191 e. The van der Waals surface area contributed by atoms with Gasteiger partial charge in [0.1, 0.15) is 5.75 Å². The molecule has 0 spiro atoms. The summed E-state index contributed by atoms with van der Waals surface area (Å²) in [6, 6.07) is 16.2. The van der Waals surface area contributed by atoms with Gasteiger partial charge in [0, 0.05) is 17.3 Å². The first-order valence-corrected chi connectivity index (χ1v) is 9.81. The van der Waals surface area contributed by atoms with Crippen LogP contribution in [-0.4, -0.2) is 14.8 Å². The van der Waals surface area contributed by atoms with Crippen molar-refractivity contribution in [1.29, 1.82) is 0 Å². The predicted octanol–water partition coefficient (Wildman–Crippen LogP) is 5.32. The minimum absolute atomic E-state index is 0.175. The number of halogens is 1. The highest BCUT2D eigenvalue weighted by Crippen LogP contribution is 2.26. The second kappa shape index (κ2) is 8.06. The van der Waals surface area contributed by atoms with Gasteiger partial charge in [-0.2, -0.15) is 0 Å². The van der Waals surface area contributed by atoms with Crippen LogP contribution in [-0.2, 0) is 12.8 Å². The lowest BCUT2D eigenvalue weighted by atomic mass is 10.1. The van der Waals surface area contributed by atoms with Crippen molar-refractivity contribution >= 4 is 27.7 Å². The average Bonchev–Trinajstić information content (AvgIpc) is 2.97. The number of aryl methyl sites for hydroxylation is 1. The zero-order valence-corrected chi connectivity index (χ0v) is 16.8. The molecule has 0 N–H and O–H groups in total. The molecule has 1 atom stereocenters. The lowest BCUT2D eigenvalue weighted by Crippen LogP contribution is -2.10. The molecule has 2 aromatic carbocycles. The van der Waals surface area contributed by atoms with E-state index < -0.39 is 0 Å². The molecule has 4 nitrogen and oxygen atoms in total. The minimum Gasteiger partial charge on any atom is -0.483 e. The van der Waals surface area contributed by atoms with Gasteiger partial charge >= 0.3 is 0 Å². The molecule has 1 unspecified atom stereocenters. The van der Waals surface area contributed by atoms with Crippen molar-refractivity contribution < 1.29 is 4.74 Å². The van der Waals surface area contributed by atoms with Crippen LogP contribution in [0.5, 0.6) is 5.75 Å². The van der Waals surface area contributed by atoms with E-state index in [2.05, 4.69) is 57.3 Å². The summed E-state index contributed by atoms with van der Waals surface area (Å²) >= 11 is 5.12. The lowest BCUT2D eigenvalue weighted by molar-refractivity contribution is 0.211. The Balaban J connectivity index is 1.67. The van der Waals surface area contributed by atoms with Crippen LogP contribution in [0.3, 0.4) is 0 Å². The molecule has 130 valence electrons. The largest absolute Gasteiger partial charge is 0.483 e. The Kier molecular flexibility index (Phi) is 5.81. The summed E-state index contributed by atoms with van der Waals surface area (Å²) in [7, 11) is 1.98. The number of aromatic nitrogens is 3. The van der Waals surface area contributed by atoms with E-state index in [1.54, 1.807) is 11.8 Å². The van der Waals surface area contributed by atoms with Crippen LogP contribution < -0.4 is 4.74 Å². The standard InChI is InChI=1S/C19H20BrN3OS/c1-13-6-4-5-7-15(13)12-25-19-22-21-18(23(19)3)14(2)24-17-10-8-16(20)9-11-17/h4-11,14H,12H2,1-3H3. The molecule has 3 rings (SSSR count). The fourth-order valence-electron chi connectivity index (χ4n) is 2.49. The second-order valence-corrected chi connectivity index (χ2v) is 7.69. The Morgan fingerprint density at radius 3 is 2.56 bits per heavy atom. The Morgan fingerprint density at radius 1 is 1.12 bits per heavy atom. The fraction of sp³-hybridized carbons (Fsp3) is 0.263. The number of rotatable bonds is 6. The van der Waals surface area contributed by atoms with Gasteiger partial charge in [0.05, 0.1) is 0 Å². The molecule has 0 amide bonds. The van der Waals surface area contributed by atoms with E-state index in [1.807, 2.05) is 42.8 Å². The van der Waals surface area contributed by atoms with E-state index in [9.17, 15) is 0 Å². The van der Waals surface area contributed by atoms with E-state index in [0.717, 1.165) is 27.0 Å². The van der Waals surface area contributed by atoms with Crippen LogP contribution in [0.4, 0.5) is 0 Å².